The smallest absolute Gasteiger partial charge is 0.356 e. The highest BCUT2D eigenvalue weighted by Gasteiger charge is 2.44. The van der Waals surface area contributed by atoms with Gasteiger partial charge in [-0.3, -0.25) is 4.79 Å². The summed E-state index contributed by atoms with van der Waals surface area (Å²) < 4.78 is 33.9. The van der Waals surface area contributed by atoms with Crippen LogP contribution in [-0.2, 0) is 30.3 Å². The molecule has 12 heteroatoms. The van der Waals surface area contributed by atoms with Gasteiger partial charge in [-0.05, 0) is 13.3 Å². The molecule has 200 valence electrons. The second-order valence-corrected chi connectivity index (χ2v) is 8.96. The van der Waals surface area contributed by atoms with Crippen LogP contribution < -0.4 is 24.7 Å². The lowest BCUT2D eigenvalue weighted by Crippen LogP contribution is -2.29. The van der Waals surface area contributed by atoms with E-state index in [4.69, 9.17) is 39.0 Å². The van der Waals surface area contributed by atoms with Crippen molar-refractivity contribution in [3.63, 3.8) is 0 Å². The summed E-state index contributed by atoms with van der Waals surface area (Å²) in [5.74, 6) is -0.0586. The van der Waals surface area contributed by atoms with Gasteiger partial charge in [0.15, 0.2) is 23.0 Å². The third-order valence-electron chi connectivity index (χ3n) is 6.85. The third kappa shape index (κ3) is 4.04. The Hall–Kier alpha value is -4.40. The summed E-state index contributed by atoms with van der Waals surface area (Å²) >= 11 is 0. The number of ketones is 1. The molecule has 3 aliphatic heterocycles. The predicted octanol–water partition coefficient (Wildman–Crippen LogP) is 2.50. The maximum Gasteiger partial charge on any atom is 0.356 e. The Bertz CT molecular complexity index is 1340. The Balaban J connectivity index is 1.69. The summed E-state index contributed by atoms with van der Waals surface area (Å²) in [5.41, 5.74) is 7.76. The number of fused-ring (bicyclic) bond motifs is 1. The molecule has 0 spiro atoms. The van der Waals surface area contributed by atoms with Gasteiger partial charge in [-0.1, -0.05) is 5.16 Å². The number of rotatable bonds is 7. The van der Waals surface area contributed by atoms with Gasteiger partial charge in [-0.25, -0.2) is 4.79 Å². The first-order valence-corrected chi connectivity index (χ1v) is 12.2. The van der Waals surface area contributed by atoms with Gasteiger partial charge >= 0.3 is 5.97 Å². The molecule has 0 amide bonds. The number of hydrogen-bond acceptors (Lipinski definition) is 12. The van der Waals surface area contributed by atoms with Crippen molar-refractivity contribution in [3.8, 4) is 29.1 Å². The maximum absolute atomic E-state index is 13.3. The van der Waals surface area contributed by atoms with Crippen LogP contribution in [-0.4, -0.2) is 51.2 Å². The normalized spacial score (nSPS) is 21.7. The second kappa shape index (κ2) is 10.2. The molecule has 38 heavy (non-hydrogen) atoms. The molecule has 1 aromatic rings. The van der Waals surface area contributed by atoms with Gasteiger partial charge in [-0.15, -0.1) is 0 Å². The van der Waals surface area contributed by atoms with E-state index in [1.807, 2.05) is 0 Å². The predicted molar refractivity (Wildman–Crippen MR) is 129 cm³/mol. The lowest BCUT2D eigenvalue weighted by molar-refractivity contribution is -0.135. The molecule has 0 saturated carbocycles. The fourth-order valence-electron chi connectivity index (χ4n) is 5.31. The van der Waals surface area contributed by atoms with E-state index in [-0.39, 0.29) is 60.7 Å². The van der Waals surface area contributed by atoms with Crippen LogP contribution in [0.5, 0.6) is 23.0 Å². The minimum absolute atomic E-state index is 0.0651. The number of nitrogens with zero attached hydrogens (tertiary/aromatic N) is 2. The fourth-order valence-corrected chi connectivity index (χ4v) is 5.31. The zero-order chi connectivity index (χ0) is 27.0. The quantitative estimate of drug-likeness (QED) is 0.521. The number of allylic oxidation sites excluding steroid dienone is 3. The van der Waals surface area contributed by atoms with Crippen LogP contribution in [0.4, 0.5) is 0 Å². The molecule has 1 aromatic carbocycles. The number of carbonyl (C=O) groups excluding carboxylic acids is 2. The molecular weight excluding hydrogens is 498 g/mol. The molecule has 0 saturated heterocycles. The molecule has 0 aromatic heterocycles. The maximum atomic E-state index is 13.3. The Labute approximate surface area is 218 Å². The lowest BCUT2D eigenvalue weighted by atomic mass is 9.75. The Morgan fingerprint density at radius 2 is 1.92 bits per heavy atom. The fraction of sp³-hybridized carbons (Fsp3) is 0.462. The van der Waals surface area contributed by atoms with Crippen molar-refractivity contribution in [3.05, 3.63) is 33.9 Å². The van der Waals surface area contributed by atoms with Gasteiger partial charge in [0.05, 0.1) is 26.7 Å². The van der Waals surface area contributed by atoms with Gasteiger partial charge in [0, 0.05) is 42.4 Å². The van der Waals surface area contributed by atoms with Crippen LogP contribution in [0.15, 0.2) is 27.9 Å². The van der Waals surface area contributed by atoms with Crippen molar-refractivity contribution in [1.29, 1.82) is 5.26 Å². The SMILES string of the molecule is CCOC(=O)C1=NO[C@@H](Cc2c(OC)c3c(c(OC)c2[C@H]2C(C#N)=C(N)OC4=C2C(=O)CCC4)OCO3)C1. The first-order chi connectivity index (χ1) is 18.4. The number of Topliss-reactive ketones (excluding diaryl/α,β-unsaturated/α-hetero) is 1. The second-order valence-electron chi connectivity index (χ2n) is 8.96. The van der Waals surface area contributed by atoms with Gasteiger partial charge in [0.25, 0.3) is 0 Å². The Morgan fingerprint density at radius 1 is 1.18 bits per heavy atom. The van der Waals surface area contributed by atoms with Crippen LogP contribution >= 0.6 is 0 Å². The van der Waals surface area contributed by atoms with Gasteiger partial charge in [-0.2, -0.15) is 5.26 Å². The monoisotopic (exact) mass is 525 g/mol. The molecule has 5 rings (SSSR count). The van der Waals surface area contributed by atoms with Crippen LogP contribution in [0, 0.1) is 11.3 Å². The first kappa shape index (κ1) is 25.3. The molecule has 2 N–H and O–H groups in total. The highest BCUT2D eigenvalue weighted by Crippen LogP contribution is 2.58. The summed E-state index contributed by atoms with van der Waals surface area (Å²) in [5, 5.41) is 14.1. The number of benzene rings is 1. The number of ether oxygens (including phenoxy) is 6. The van der Waals surface area contributed by atoms with Crippen molar-refractivity contribution in [2.75, 3.05) is 27.6 Å². The average molecular weight is 526 g/mol. The van der Waals surface area contributed by atoms with Gasteiger partial charge in [0.2, 0.25) is 24.2 Å². The van der Waals surface area contributed by atoms with E-state index in [0.29, 0.717) is 53.2 Å². The molecule has 0 bridgehead atoms. The van der Waals surface area contributed by atoms with Crippen LogP contribution in [0.25, 0.3) is 0 Å². The van der Waals surface area contributed by atoms with E-state index in [2.05, 4.69) is 11.2 Å². The molecule has 12 nitrogen and oxygen atoms in total. The summed E-state index contributed by atoms with van der Waals surface area (Å²) in [6.45, 7) is 1.83. The molecular formula is C26H27N3O9. The number of hydrogen-bond donors (Lipinski definition) is 1. The topological polar surface area (TPSA) is 161 Å². The number of carbonyl (C=O) groups is 2. The van der Waals surface area contributed by atoms with E-state index < -0.39 is 18.0 Å². The minimum atomic E-state index is -0.906. The lowest BCUT2D eigenvalue weighted by Gasteiger charge is -2.33. The summed E-state index contributed by atoms with van der Waals surface area (Å²) in [6, 6.07) is 2.13. The van der Waals surface area contributed by atoms with E-state index in [9.17, 15) is 14.9 Å². The van der Waals surface area contributed by atoms with Crippen LogP contribution in [0.3, 0.4) is 0 Å². The van der Waals surface area contributed by atoms with E-state index >= 15 is 0 Å². The number of nitrogens with two attached hydrogens (primary N) is 1. The zero-order valence-corrected chi connectivity index (χ0v) is 21.3. The van der Waals surface area contributed by atoms with Crippen molar-refractivity contribution >= 4 is 17.5 Å². The summed E-state index contributed by atoms with van der Waals surface area (Å²) in [6.07, 6.45) is 1.19. The standard InChI is InChI=1S/C26H27N3O9/c1-4-34-26(31)15-9-12(38-29-15)8-13-19(22(33-3)24-23(21(13)32-2)35-11-36-24)18-14(10-27)25(28)37-17-7-5-6-16(30)20(17)18/h12,18H,4-9,11,28H2,1-3H3/t12-,18+/m0/s1. The Morgan fingerprint density at radius 3 is 2.61 bits per heavy atom. The molecule has 3 heterocycles. The van der Waals surface area contributed by atoms with Gasteiger partial charge < -0.3 is 39.0 Å². The molecule has 2 atom stereocenters. The van der Waals surface area contributed by atoms with Crippen molar-refractivity contribution in [2.45, 2.75) is 51.0 Å². The van der Waals surface area contributed by atoms with E-state index in [1.54, 1.807) is 6.92 Å². The summed E-state index contributed by atoms with van der Waals surface area (Å²) in [4.78, 5) is 31.1. The summed E-state index contributed by atoms with van der Waals surface area (Å²) in [7, 11) is 2.93. The van der Waals surface area contributed by atoms with Crippen molar-refractivity contribution in [2.24, 2.45) is 10.9 Å². The van der Waals surface area contributed by atoms with Gasteiger partial charge in [0.1, 0.15) is 23.5 Å². The number of esters is 1. The number of methoxy groups -OCH3 is 2. The zero-order valence-electron chi connectivity index (χ0n) is 21.3. The Kier molecular flexibility index (Phi) is 6.75. The van der Waals surface area contributed by atoms with E-state index in [1.165, 1.54) is 14.2 Å². The highest BCUT2D eigenvalue weighted by molar-refractivity contribution is 6.36. The highest BCUT2D eigenvalue weighted by atomic mass is 16.7. The molecule has 0 radical (unpaired) electrons. The number of oxime groups is 1. The molecule has 4 aliphatic rings. The third-order valence-corrected chi connectivity index (χ3v) is 6.85. The van der Waals surface area contributed by atoms with E-state index in [0.717, 1.165) is 0 Å². The van der Waals surface area contributed by atoms with Crippen LogP contribution in [0.1, 0.15) is 49.7 Å². The number of nitriles is 1. The van der Waals surface area contributed by atoms with Crippen molar-refractivity contribution < 1.29 is 42.8 Å². The minimum Gasteiger partial charge on any atom is -0.492 e. The average Bonchev–Trinajstić information content (AvgIpc) is 3.58. The largest absolute Gasteiger partial charge is 0.492 e. The van der Waals surface area contributed by atoms with Crippen LogP contribution in [0.2, 0.25) is 0 Å². The molecule has 0 unspecified atom stereocenters. The molecule has 0 fully saturated rings. The molecule has 1 aliphatic carbocycles. The first-order valence-electron chi connectivity index (χ1n) is 12.2. The van der Waals surface area contributed by atoms with Crippen molar-refractivity contribution in [1.82, 2.24) is 0 Å².